The molecule has 0 bridgehead atoms. The molecular formula is C5H2F8O3. The summed E-state index contributed by atoms with van der Waals surface area (Å²) in [4.78, 5) is 9.60. The van der Waals surface area contributed by atoms with Crippen LogP contribution in [0.5, 0.6) is 0 Å². The smallest absolute Gasteiger partial charge is 0.456 e. The first-order valence-electron chi connectivity index (χ1n) is 3.21. The van der Waals surface area contributed by atoms with Gasteiger partial charge in [-0.1, -0.05) is 0 Å². The van der Waals surface area contributed by atoms with Crippen LogP contribution in [0, 0.1) is 0 Å². The molecule has 0 unspecified atom stereocenters. The zero-order valence-electron chi connectivity index (χ0n) is 6.86. The molecule has 11 heteroatoms. The van der Waals surface area contributed by atoms with Crippen LogP contribution < -0.4 is 0 Å². The number of hydrogen-bond acceptors (Lipinski definition) is 2. The third kappa shape index (κ3) is 3.79. The van der Waals surface area contributed by atoms with Crippen molar-refractivity contribution < 1.29 is 49.8 Å². The summed E-state index contributed by atoms with van der Waals surface area (Å²) in [5.41, 5.74) is 0. The highest BCUT2D eigenvalue weighted by Crippen LogP contribution is 2.38. The lowest BCUT2D eigenvalue weighted by Crippen LogP contribution is -2.50. The van der Waals surface area contributed by atoms with Crippen molar-refractivity contribution in [1.29, 1.82) is 0 Å². The van der Waals surface area contributed by atoms with Gasteiger partial charge in [-0.25, -0.2) is 4.79 Å². The highest BCUT2D eigenvalue weighted by atomic mass is 19.4. The number of halogens is 8. The van der Waals surface area contributed by atoms with Crippen molar-refractivity contribution in [3.63, 3.8) is 0 Å². The Kier molecular flexibility index (Phi) is 3.75. The van der Waals surface area contributed by atoms with E-state index in [4.69, 9.17) is 5.11 Å². The van der Waals surface area contributed by atoms with Crippen LogP contribution in [0.1, 0.15) is 0 Å². The van der Waals surface area contributed by atoms with Gasteiger partial charge >= 0.3 is 24.4 Å². The van der Waals surface area contributed by atoms with Gasteiger partial charge in [0.15, 0.2) is 0 Å². The molecule has 0 saturated heterocycles. The van der Waals surface area contributed by atoms with E-state index in [9.17, 15) is 39.9 Å². The lowest BCUT2D eigenvalue weighted by atomic mass is 10.3. The van der Waals surface area contributed by atoms with Crippen LogP contribution >= 0.6 is 0 Å². The first kappa shape index (κ1) is 14.9. The zero-order chi connectivity index (χ0) is 13.4. The summed E-state index contributed by atoms with van der Waals surface area (Å²) in [6, 6.07) is 0. The Balaban J connectivity index is 5.06. The largest absolute Gasteiger partial charge is 0.475 e. The molecule has 0 aliphatic rings. The van der Waals surface area contributed by atoms with Crippen LogP contribution in [0.3, 0.4) is 0 Å². The number of alkyl halides is 8. The van der Waals surface area contributed by atoms with Gasteiger partial charge in [-0.15, -0.1) is 0 Å². The van der Waals surface area contributed by atoms with Crippen LogP contribution in [0.2, 0.25) is 0 Å². The summed E-state index contributed by atoms with van der Waals surface area (Å²) in [7, 11) is 0. The maximum Gasteiger partial charge on any atom is 0.456 e. The van der Waals surface area contributed by atoms with E-state index in [1.807, 2.05) is 0 Å². The first-order chi connectivity index (χ1) is 6.78. The highest BCUT2D eigenvalue weighted by Gasteiger charge is 2.63. The number of ether oxygens (including phenoxy) is 1. The van der Waals surface area contributed by atoms with Crippen LogP contribution in [0.4, 0.5) is 35.1 Å². The first-order valence-corrected chi connectivity index (χ1v) is 3.21. The van der Waals surface area contributed by atoms with Gasteiger partial charge in [0.1, 0.15) is 0 Å². The minimum absolute atomic E-state index is 2.25. The topological polar surface area (TPSA) is 46.5 Å². The Morgan fingerprint density at radius 2 is 1.25 bits per heavy atom. The Morgan fingerprint density at radius 1 is 0.938 bits per heavy atom. The van der Waals surface area contributed by atoms with Gasteiger partial charge in [0.05, 0.1) is 0 Å². The zero-order valence-corrected chi connectivity index (χ0v) is 6.86. The predicted octanol–water partition coefficient (Wildman–Crippen LogP) is 2.17. The van der Waals surface area contributed by atoms with E-state index >= 15 is 0 Å². The van der Waals surface area contributed by atoms with Crippen LogP contribution in [0.15, 0.2) is 0 Å². The molecule has 16 heavy (non-hydrogen) atoms. The van der Waals surface area contributed by atoms with Crippen LogP contribution in [-0.4, -0.2) is 35.6 Å². The number of hydrogen-bond donors (Lipinski definition) is 1. The van der Waals surface area contributed by atoms with E-state index in [1.54, 1.807) is 0 Å². The van der Waals surface area contributed by atoms with Gasteiger partial charge in [-0.2, -0.15) is 35.1 Å². The Morgan fingerprint density at radius 3 is 1.44 bits per heavy atom. The second-order valence-corrected chi connectivity index (χ2v) is 2.40. The summed E-state index contributed by atoms with van der Waals surface area (Å²) in [5.74, 6) is -3.26. The van der Waals surface area contributed by atoms with Crippen molar-refractivity contribution in [3.8, 4) is 0 Å². The second kappa shape index (κ2) is 4.03. The maximum atomic E-state index is 12.0. The molecule has 0 fully saturated rings. The number of carbonyl (C=O) groups is 1. The van der Waals surface area contributed by atoms with E-state index in [0.29, 0.717) is 0 Å². The average Bonchev–Trinajstić information content (AvgIpc) is 1.95. The van der Waals surface area contributed by atoms with E-state index in [2.05, 4.69) is 4.74 Å². The summed E-state index contributed by atoms with van der Waals surface area (Å²) in [6.45, 7) is 0. The molecule has 0 aromatic heterocycles. The van der Waals surface area contributed by atoms with Crippen molar-refractivity contribution in [3.05, 3.63) is 0 Å². The molecule has 0 aromatic rings. The van der Waals surface area contributed by atoms with Crippen LogP contribution in [-0.2, 0) is 9.53 Å². The van der Waals surface area contributed by atoms with Gasteiger partial charge in [-0.05, 0) is 0 Å². The van der Waals surface area contributed by atoms with Crippen LogP contribution in [0.25, 0.3) is 0 Å². The molecule has 96 valence electrons. The van der Waals surface area contributed by atoms with E-state index in [0.717, 1.165) is 0 Å². The fraction of sp³-hybridized carbons (Fsp3) is 0.800. The number of rotatable bonds is 3. The molecule has 0 rings (SSSR count). The predicted molar refractivity (Wildman–Crippen MR) is 29.6 cm³/mol. The monoisotopic (exact) mass is 262 g/mol. The van der Waals surface area contributed by atoms with Crippen molar-refractivity contribution in [2.75, 3.05) is 0 Å². The quantitative estimate of drug-likeness (QED) is 0.793. The average molecular weight is 262 g/mol. The Hall–Kier alpha value is -1.13. The SMILES string of the molecule is O=C(O)C(F)(F)OC(C(F)(F)F)C(F)(F)F. The third-order valence-corrected chi connectivity index (χ3v) is 1.11. The molecule has 0 aromatic carbocycles. The molecule has 3 nitrogen and oxygen atoms in total. The molecular weight excluding hydrogens is 260 g/mol. The number of carboxylic acids is 1. The maximum absolute atomic E-state index is 12.0. The lowest BCUT2D eigenvalue weighted by molar-refractivity contribution is -0.378. The van der Waals surface area contributed by atoms with E-state index in [-0.39, 0.29) is 0 Å². The molecule has 0 aliphatic heterocycles. The van der Waals surface area contributed by atoms with Crippen molar-refractivity contribution in [2.45, 2.75) is 24.6 Å². The number of carboxylic acid groups (broad SMARTS) is 1. The van der Waals surface area contributed by atoms with Gasteiger partial charge in [0, 0.05) is 0 Å². The van der Waals surface area contributed by atoms with Crippen molar-refractivity contribution in [1.82, 2.24) is 0 Å². The fourth-order valence-electron chi connectivity index (χ4n) is 0.518. The molecule has 0 radical (unpaired) electrons. The summed E-state index contributed by atoms with van der Waals surface area (Å²) in [5, 5.41) is 7.61. The molecule has 0 spiro atoms. The van der Waals surface area contributed by atoms with Gasteiger partial charge < -0.3 is 5.11 Å². The van der Waals surface area contributed by atoms with Gasteiger partial charge in [0.2, 0.25) is 0 Å². The Labute approximate surface area is 81.6 Å². The standard InChI is InChI=1S/C5H2F8O3/c6-3(7,8)1(4(9,10)11)16-5(12,13)2(14)15/h1H,(H,14,15). The normalized spacial score (nSPS) is 14.3. The fourth-order valence-corrected chi connectivity index (χ4v) is 0.518. The summed E-state index contributed by atoms with van der Waals surface area (Å²) < 4.78 is 96.1. The number of aliphatic carboxylic acids is 1. The second-order valence-electron chi connectivity index (χ2n) is 2.40. The molecule has 0 amide bonds. The van der Waals surface area contributed by atoms with E-state index < -0.39 is 30.5 Å². The summed E-state index contributed by atoms with van der Waals surface area (Å²) in [6.07, 6.45) is -22.9. The Bertz CT molecular complexity index is 252. The lowest BCUT2D eigenvalue weighted by Gasteiger charge is -2.25. The molecule has 0 aliphatic carbocycles. The highest BCUT2D eigenvalue weighted by molar-refractivity contribution is 5.73. The van der Waals surface area contributed by atoms with Crippen molar-refractivity contribution >= 4 is 5.97 Å². The van der Waals surface area contributed by atoms with E-state index in [1.165, 1.54) is 0 Å². The molecule has 0 heterocycles. The summed E-state index contributed by atoms with van der Waals surface area (Å²) >= 11 is 0. The van der Waals surface area contributed by atoms with Gasteiger partial charge in [0.25, 0.3) is 6.10 Å². The van der Waals surface area contributed by atoms with Crippen molar-refractivity contribution in [2.24, 2.45) is 0 Å². The minimum atomic E-state index is -6.20. The third-order valence-electron chi connectivity index (χ3n) is 1.11. The molecule has 0 atom stereocenters. The minimum Gasteiger partial charge on any atom is -0.475 e. The van der Waals surface area contributed by atoms with Gasteiger partial charge in [-0.3, -0.25) is 4.74 Å². The molecule has 1 N–H and O–H groups in total. The molecule has 0 saturated carbocycles.